The Bertz CT molecular complexity index is 917. The quantitative estimate of drug-likeness (QED) is 0.780. The first-order valence-electron chi connectivity index (χ1n) is 8.61. The Balaban J connectivity index is 1.58. The first kappa shape index (κ1) is 18.5. The Morgan fingerprint density at radius 2 is 1.89 bits per heavy atom. The maximum atomic E-state index is 13.7. The molecule has 0 bridgehead atoms. The van der Waals surface area contributed by atoms with Crippen LogP contribution in [0.25, 0.3) is 0 Å². The van der Waals surface area contributed by atoms with Gasteiger partial charge >= 0.3 is 6.18 Å². The number of halogens is 4. The fourth-order valence-electron chi connectivity index (χ4n) is 3.59. The molecule has 2 N–H and O–H groups in total. The van der Waals surface area contributed by atoms with Crippen molar-refractivity contribution in [3.8, 4) is 11.5 Å². The zero-order chi connectivity index (χ0) is 19.9. The summed E-state index contributed by atoms with van der Waals surface area (Å²) in [6.45, 7) is 0.889. The molecule has 1 fully saturated rings. The molecule has 2 aromatic rings. The molecule has 2 aliphatic heterocycles. The molecule has 0 radical (unpaired) electrons. The number of ether oxygens (including phenoxy) is 2. The largest absolute Gasteiger partial charge is 0.454 e. The first-order valence-corrected chi connectivity index (χ1v) is 8.61. The Morgan fingerprint density at radius 3 is 2.68 bits per heavy atom. The van der Waals surface area contributed by atoms with Crippen LogP contribution in [0, 0.1) is 11.7 Å². The number of fused-ring (bicyclic) bond motifs is 1. The Kier molecular flexibility index (Phi) is 4.62. The highest BCUT2D eigenvalue weighted by molar-refractivity contribution is 5.94. The van der Waals surface area contributed by atoms with Crippen LogP contribution in [0.3, 0.4) is 0 Å². The molecular formula is C19H16F4N2O3. The molecule has 0 aromatic heterocycles. The number of hydrogen-bond donors (Lipinski definition) is 2. The van der Waals surface area contributed by atoms with Crippen LogP contribution in [-0.2, 0) is 11.0 Å². The summed E-state index contributed by atoms with van der Waals surface area (Å²) < 4.78 is 63.9. The van der Waals surface area contributed by atoms with E-state index < -0.39 is 35.1 Å². The Labute approximate surface area is 157 Å². The monoisotopic (exact) mass is 396 g/mol. The minimum absolute atomic E-state index is 0.116. The van der Waals surface area contributed by atoms with Crippen molar-refractivity contribution in [2.24, 2.45) is 5.92 Å². The number of anilines is 1. The summed E-state index contributed by atoms with van der Waals surface area (Å²) in [5.74, 6) is -1.76. The number of carbonyl (C=O) groups excluding carboxylic acids is 1. The average Bonchev–Trinajstić information content (AvgIpc) is 3.29. The smallest absolute Gasteiger partial charge is 0.421 e. The number of benzene rings is 2. The second-order valence-corrected chi connectivity index (χ2v) is 6.63. The van der Waals surface area contributed by atoms with Crippen molar-refractivity contribution in [3.63, 3.8) is 0 Å². The van der Waals surface area contributed by atoms with E-state index >= 15 is 0 Å². The number of hydrogen-bond acceptors (Lipinski definition) is 4. The molecule has 4 rings (SSSR count). The highest BCUT2D eigenvalue weighted by Crippen LogP contribution is 2.39. The van der Waals surface area contributed by atoms with E-state index in [1.165, 1.54) is 0 Å². The van der Waals surface area contributed by atoms with Crippen LogP contribution in [0.15, 0.2) is 36.4 Å². The standard InChI is InChI=1S/C19H16F4N2O3/c20-13-2-1-3-14(17(13)19(21,22)23)25-18(26)12-8-24-7-11(12)10-4-5-15-16(6-10)28-9-27-15/h1-6,11-12,24H,7-9H2,(H,25,26)/t11-,12+/m1/s1. The van der Waals surface area contributed by atoms with E-state index in [1.807, 2.05) is 0 Å². The van der Waals surface area contributed by atoms with Crippen molar-refractivity contribution < 1.29 is 31.8 Å². The lowest BCUT2D eigenvalue weighted by Gasteiger charge is -2.20. The van der Waals surface area contributed by atoms with E-state index in [4.69, 9.17) is 9.47 Å². The van der Waals surface area contributed by atoms with Gasteiger partial charge in [0.1, 0.15) is 11.4 Å². The van der Waals surface area contributed by atoms with Crippen LogP contribution in [-0.4, -0.2) is 25.8 Å². The van der Waals surface area contributed by atoms with E-state index in [1.54, 1.807) is 18.2 Å². The van der Waals surface area contributed by atoms with Gasteiger partial charge in [-0.3, -0.25) is 4.79 Å². The van der Waals surface area contributed by atoms with Gasteiger partial charge in [-0.15, -0.1) is 0 Å². The van der Waals surface area contributed by atoms with E-state index in [0.717, 1.165) is 17.7 Å². The summed E-state index contributed by atoms with van der Waals surface area (Å²) in [7, 11) is 0. The molecule has 148 valence electrons. The predicted molar refractivity (Wildman–Crippen MR) is 91.7 cm³/mol. The summed E-state index contributed by atoms with van der Waals surface area (Å²) in [5, 5.41) is 5.34. The third-order valence-electron chi connectivity index (χ3n) is 4.93. The number of alkyl halides is 3. The van der Waals surface area contributed by atoms with Crippen molar-refractivity contribution in [1.29, 1.82) is 0 Å². The van der Waals surface area contributed by atoms with Crippen LogP contribution in [0.5, 0.6) is 11.5 Å². The number of amides is 1. The summed E-state index contributed by atoms with van der Waals surface area (Å²) >= 11 is 0. The molecule has 1 saturated heterocycles. The van der Waals surface area contributed by atoms with Gasteiger partial charge in [0.25, 0.3) is 0 Å². The van der Waals surface area contributed by atoms with E-state index in [-0.39, 0.29) is 12.7 Å². The number of rotatable bonds is 3. The zero-order valence-corrected chi connectivity index (χ0v) is 14.5. The summed E-state index contributed by atoms with van der Waals surface area (Å²) in [5.41, 5.74) is -1.26. The maximum absolute atomic E-state index is 13.7. The first-order chi connectivity index (χ1) is 13.3. The number of carbonyl (C=O) groups is 1. The fraction of sp³-hybridized carbons (Fsp3) is 0.316. The van der Waals surface area contributed by atoms with Crippen LogP contribution in [0.2, 0.25) is 0 Å². The lowest BCUT2D eigenvalue weighted by atomic mass is 9.88. The Morgan fingerprint density at radius 1 is 1.11 bits per heavy atom. The summed E-state index contributed by atoms with van der Waals surface area (Å²) in [6.07, 6.45) is -4.92. The van der Waals surface area contributed by atoms with Crippen LogP contribution >= 0.6 is 0 Å². The average molecular weight is 396 g/mol. The van der Waals surface area contributed by atoms with E-state index in [2.05, 4.69) is 10.6 Å². The van der Waals surface area contributed by atoms with Gasteiger partial charge in [0.05, 0.1) is 11.6 Å². The van der Waals surface area contributed by atoms with Gasteiger partial charge in [-0.25, -0.2) is 4.39 Å². The molecule has 2 aliphatic rings. The van der Waals surface area contributed by atoms with Crippen molar-refractivity contribution in [1.82, 2.24) is 5.32 Å². The van der Waals surface area contributed by atoms with Crippen molar-refractivity contribution in [2.75, 3.05) is 25.2 Å². The zero-order valence-electron chi connectivity index (χ0n) is 14.5. The molecule has 2 atom stereocenters. The molecule has 2 heterocycles. The molecule has 9 heteroatoms. The summed E-state index contributed by atoms with van der Waals surface area (Å²) in [4.78, 5) is 12.7. The van der Waals surface area contributed by atoms with Gasteiger partial charge in [0, 0.05) is 19.0 Å². The molecule has 5 nitrogen and oxygen atoms in total. The van der Waals surface area contributed by atoms with Gasteiger partial charge in [0.2, 0.25) is 12.7 Å². The molecule has 0 saturated carbocycles. The third kappa shape index (κ3) is 3.37. The molecule has 0 unspecified atom stereocenters. The normalized spacial score (nSPS) is 21.0. The van der Waals surface area contributed by atoms with Crippen LogP contribution in [0.4, 0.5) is 23.2 Å². The number of nitrogens with one attached hydrogen (secondary N) is 2. The predicted octanol–water partition coefficient (Wildman–Crippen LogP) is 3.51. The van der Waals surface area contributed by atoms with Gasteiger partial charge in [-0.05, 0) is 29.8 Å². The second-order valence-electron chi connectivity index (χ2n) is 6.63. The van der Waals surface area contributed by atoms with E-state index in [9.17, 15) is 22.4 Å². The minimum atomic E-state index is -4.92. The van der Waals surface area contributed by atoms with Gasteiger partial charge < -0.3 is 20.1 Å². The molecule has 2 aromatic carbocycles. The lowest BCUT2D eigenvalue weighted by Crippen LogP contribution is -2.29. The second kappa shape index (κ2) is 6.97. The van der Waals surface area contributed by atoms with Crippen molar-refractivity contribution >= 4 is 11.6 Å². The van der Waals surface area contributed by atoms with Gasteiger partial charge in [-0.2, -0.15) is 13.2 Å². The van der Waals surface area contributed by atoms with E-state index in [0.29, 0.717) is 30.7 Å². The van der Waals surface area contributed by atoms with Gasteiger partial charge in [0.15, 0.2) is 11.5 Å². The van der Waals surface area contributed by atoms with Crippen LogP contribution in [0.1, 0.15) is 17.0 Å². The lowest BCUT2D eigenvalue weighted by molar-refractivity contribution is -0.139. The minimum Gasteiger partial charge on any atom is -0.454 e. The van der Waals surface area contributed by atoms with Crippen LogP contribution < -0.4 is 20.1 Å². The van der Waals surface area contributed by atoms with Crippen molar-refractivity contribution in [2.45, 2.75) is 12.1 Å². The summed E-state index contributed by atoms with van der Waals surface area (Å²) in [6, 6.07) is 8.19. The maximum Gasteiger partial charge on any atom is 0.421 e. The molecule has 28 heavy (non-hydrogen) atoms. The molecule has 0 aliphatic carbocycles. The van der Waals surface area contributed by atoms with Crippen molar-refractivity contribution in [3.05, 3.63) is 53.3 Å². The molecule has 0 spiro atoms. The molecular weight excluding hydrogens is 380 g/mol. The third-order valence-corrected chi connectivity index (χ3v) is 4.93. The Hall–Kier alpha value is -2.81. The highest BCUT2D eigenvalue weighted by atomic mass is 19.4. The SMILES string of the molecule is O=C(Nc1cccc(F)c1C(F)(F)F)[C@H]1CNC[C@@H]1c1ccc2c(c1)OCO2. The topological polar surface area (TPSA) is 59.6 Å². The highest BCUT2D eigenvalue weighted by Gasteiger charge is 2.39. The molecule has 1 amide bonds. The fourth-order valence-corrected chi connectivity index (χ4v) is 3.59. The van der Waals surface area contributed by atoms with Gasteiger partial charge in [-0.1, -0.05) is 12.1 Å².